The normalized spacial score (nSPS) is 18.4. The Bertz CT molecular complexity index is 1070. The van der Waals surface area contributed by atoms with E-state index in [1.54, 1.807) is 17.0 Å². The van der Waals surface area contributed by atoms with Gasteiger partial charge in [0.05, 0.1) is 0 Å². The van der Waals surface area contributed by atoms with Gasteiger partial charge in [0.15, 0.2) is 6.61 Å². The summed E-state index contributed by atoms with van der Waals surface area (Å²) in [6, 6.07) is 7.80. The van der Waals surface area contributed by atoms with Gasteiger partial charge in [-0.25, -0.2) is 9.37 Å². The van der Waals surface area contributed by atoms with Gasteiger partial charge >= 0.3 is 0 Å². The Hall–Kier alpha value is -2.08. The second-order valence-corrected chi connectivity index (χ2v) is 10.4. The molecule has 1 fully saturated rings. The van der Waals surface area contributed by atoms with E-state index in [2.05, 4.69) is 25.8 Å². The Morgan fingerprint density at radius 2 is 2.03 bits per heavy atom. The van der Waals surface area contributed by atoms with Gasteiger partial charge in [-0.3, -0.25) is 14.2 Å². The fourth-order valence-electron chi connectivity index (χ4n) is 3.62. The van der Waals surface area contributed by atoms with Crippen LogP contribution in [0.5, 0.6) is 5.88 Å². The summed E-state index contributed by atoms with van der Waals surface area (Å²) >= 11 is 3.22. The number of amides is 1. The average molecular weight is 530 g/mol. The maximum atomic E-state index is 13.1. The molecule has 0 saturated carbocycles. The number of carbonyl (C=O) groups excluding carboxylic acids is 1. The Labute approximate surface area is 195 Å². The van der Waals surface area contributed by atoms with Crippen molar-refractivity contribution in [2.75, 3.05) is 26.2 Å². The summed E-state index contributed by atoms with van der Waals surface area (Å²) in [6.07, 6.45) is 1.43. The maximum Gasteiger partial charge on any atom is 0.271 e. The van der Waals surface area contributed by atoms with E-state index < -0.39 is 15.4 Å². The van der Waals surface area contributed by atoms with E-state index in [9.17, 15) is 22.2 Å². The van der Waals surface area contributed by atoms with Crippen LogP contribution in [0.25, 0.3) is 0 Å². The van der Waals surface area contributed by atoms with Crippen LogP contribution in [-0.2, 0) is 21.5 Å². The second-order valence-electron chi connectivity index (χ2n) is 7.79. The molecular formula is C21H25BrFN3O5S. The molecule has 2 atom stereocenters. The van der Waals surface area contributed by atoms with E-state index in [-0.39, 0.29) is 35.8 Å². The zero-order valence-electron chi connectivity index (χ0n) is 17.7. The fraction of sp³-hybridized carbons (Fsp3) is 0.429. The van der Waals surface area contributed by atoms with Gasteiger partial charge in [0, 0.05) is 48.5 Å². The average Bonchev–Trinajstić information content (AvgIpc) is 2.73. The lowest BCUT2D eigenvalue weighted by molar-refractivity contribution is -0.138. The first-order chi connectivity index (χ1) is 15.0. The van der Waals surface area contributed by atoms with Crippen molar-refractivity contribution < 1.29 is 26.9 Å². The van der Waals surface area contributed by atoms with Crippen LogP contribution < -0.4 is 4.74 Å². The maximum absolute atomic E-state index is 13.1. The van der Waals surface area contributed by atoms with Gasteiger partial charge in [0.1, 0.15) is 11.1 Å². The highest BCUT2D eigenvalue weighted by Crippen LogP contribution is 2.30. The molecule has 2 aromatic rings. The number of halogens is 2. The van der Waals surface area contributed by atoms with E-state index >= 15 is 0 Å². The number of ether oxygens (including phenoxy) is 1. The number of hydrogen-bond acceptors (Lipinski definition) is 6. The Kier molecular flexibility index (Phi) is 7.86. The summed E-state index contributed by atoms with van der Waals surface area (Å²) in [6.45, 7) is 5.45. The van der Waals surface area contributed by atoms with Crippen LogP contribution >= 0.6 is 15.9 Å². The van der Waals surface area contributed by atoms with Gasteiger partial charge < -0.3 is 9.64 Å². The molecule has 1 aromatic carbocycles. The zero-order chi connectivity index (χ0) is 23.5. The molecule has 8 nitrogen and oxygen atoms in total. The second kappa shape index (κ2) is 10.2. The third kappa shape index (κ3) is 6.25. The third-order valence-corrected chi connectivity index (χ3v) is 7.00. The van der Waals surface area contributed by atoms with E-state index in [4.69, 9.17) is 4.74 Å². The van der Waals surface area contributed by atoms with Gasteiger partial charge in [-0.1, -0.05) is 12.1 Å². The molecule has 1 N–H and O–H groups in total. The zero-order valence-corrected chi connectivity index (χ0v) is 20.1. The monoisotopic (exact) mass is 529 g/mol. The molecule has 1 aromatic heterocycles. The van der Waals surface area contributed by atoms with Crippen LogP contribution in [-0.4, -0.2) is 65.9 Å². The van der Waals surface area contributed by atoms with Crippen LogP contribution in [0.1, 0.15) is 30.2 Å². The van der Waals surface area contributed by atoms with Crippen LogP contribution in [0, 0.1) is 5.82 Å². The molecule has 11 heteroatoms. The SMILES string of the molecule is CC1CN(Cc2ccc(F)cc2)CCN1C(=O)COc1ncc(Br)cc1C(C)S(=O)(=O)O. The van der Waals surface area contributed by atoms with Crippen molar-refractivity contribution in [2.45, 2.75) is 31.7 Å². The van der Waals surface area contributed by atoms with Crippen molar-refractivity contribution in [3.63, 3.8) is 0 Å². The van der Waals surface area contributed by atoms with E-state index in [0.717, 1.165) is 5.56 Å². The number of pyridine rings is 1. The minimum Gasteiger partial charge on any atom is -0.467 e. The van der Waals surface area contributed by atoms with Crippen LogP contribution in [0.2, 0.25) is 0 Å². The molecule has 1 aliphatic rings. The van der Waals surface area contributed by atoms with Gasteiger partial charge in [-0.15, -0.1) is 0 Å². The highest BCUT2D eigenvalue weighted by Gasteiger charge is 2.29. The van der Waals surface area contributed by atoms with Crippen molar-refractivity contribution in [3.8, 4) is 5.88 Å². The Morgan fingerprint density at radius 3 is 2.66 bits per heavy atom. The molecule has 2 unspecified atom stereocenters. The molecule has 32 heavy (non-hydrogen) atoms. The fourth-order valence-corrected chi connectivity index (χ4v) is 4.46. The molecule has 0 bridgehead atoms. The van der Waals surface area contributed by atoms with Crippen molar-refractivity contribution >= 4 is 32.0 Å². The number of rotatable bonds is 7. The van der Waals surface area contributed by atoms with Gasteiger partial charge in [0.2, 0.25) is 5.88 Å². The van der Waals surface area contributed by atoms with E-state index in [0.29, 0.717) is 30.7 Å². The molecular weight excluding hydrogens is 505 g/mol. The lowest BCUT2D eigenvalue weighted by Crippen LogP contribution is -2.54. The largest absolute Gasteiger partial charge is 0.467 e. The summed E-state index contributed by atoms with van der Waals surface area (Å²) in [4.78, 5) is 20.7. The highest BCUT2D eigenvalue weighted by molar-refractivity contribution is 9.10. The van der Waals surface area contributed by atoms with Gasteiger partial charge in [-0.2, -0.15) is 8.42 Å². The molecule has 1 amide bonds. The predicted octanol–water partition coefficient (Wildman–Crippen LogP) is 3.04. The number of hydrogen-bond donors (Lipinski definition) is 1. The van der Waals surface area contributed by atoms with E-state index in [1.165, 1.54) is 31.3 Å². The standard InChI is InChI=1S/C21H25BrFN3O5S/c1-14-11-25(12-16-3-5-18(23)6-4-16)7-8-26(14)20(27)13-31-21-19(9-17(22)10-24-21)15(2)32(28,29)30/h3-6,9-10,14-15H,7-8,11-13H2,1-2H3,(H,28,29,30). The van der Waals surface area contributed by atoms with Crippen molar-refractivity contribution in [1.29, 1.82) is 0 Å². The van der Waals surface area contributed by atoms with Crippen molar-refractivity contribution in [2.24, 2.45) is 0 Å². The number of aromatic nitrogens is 1. The summed E-state index contributed by atoms with van der Waals surface area (Å²) in [5.41, 5.74) is 1.16. The lowest BCUT2D eigenvalue weighted by Gasteiger charge is -2.39. The smallest absolute Gasteiger partial charge is 0.271 e. The molecule has 0 spiro atoms. The van der Waals surface area contributed by atoms with Crippen LogP contribution in [0.15, 0.2) is 41.0 Å². The number of piperazine rings is 1. The Morgan fingerprint density at radius 1 is 1.34 bits per heavy atom. The van der Waals surface area contributed by atoms with Gasteiger partial charge in [-0.05, 0) is 53.5 Å². The van der Waals surface area contributed by atoms with Crippen molar-refractivity contribution in [3.05, 3.63) is 57.9 Å². The molecule has 174 valence electrons. The molecule has 0 aliphatic carbocycles. The first kappa shape index (κ1) is 24.6. The highest BCUT2D eigenvalue weighted by atomic mass is 79.9. The number of carbonyl (C=O) groups is 1. The minimum atomic E-state index is -4.36. The van der Waals surface area contributed by atoms with Crippen LogP contribution in [0.3, 0.4) is 0 Å². The number of nitrogens with zero attached hydrogens (tertiary/aromatic N) is 3. The third-order valence-electron chi connectivity index (χ3n) is 5.41. The predicted molar refractivity (Wildman–Crippen MR) is 120 cm³/mol. The summed E-state index contributed by atoms with van der Waals surface area (Å²) in [7, 11) is -4.36. The van der Waals surface area contributed by atoms with Gasteiger partial charge in [0.25, 0.3) is 16.0 Å². The molecule has 1 saturated heterocycles. The first-order valence-electron chi connectivity index (χ1n) is 10.1. The molecule has 1 aliphatic heterocycles. The minimum absolute atomic E-state index is 0.0192. The summed E-state index contributed by atoms with van der Waals surface area (Å²) < 4.78 is 51.7. The lowest BCUT2D eigenvalue weighted by atomic mass is 10.1. The molecule has 2 heterocycles. The first-order valence-corrected chi connectivity index (χ1v) is 12.3. The van der Waals surface area contributed by atoms with Crippen LogP contribution in [0.4, 0.5) is 4.39 Å². The quantitative estimate of drug-likeness (QED) is 0.550. The molecule has 0 radical (unpaired) electrons. The molecule has 3 rings (SSSR count). The topological polar surface area (TPSA) is 100 Å². The number of benzene rings is 1. The summed E-state index contributed by atoms with van der Waals surface area (Å²) in [5.74, 6) is -0.532. The van der Waals surface area contributed by atoms with Crippen molar-refractivity contribution in [1.82, 2.24) is 14.8 Å². The Balaban J connectivity index is 1.60. The van der Waals surface area contributed by atoms with E-state index in [1.807, 2.05) is 6.92 Å². The summed E-state index contributed by atoms with van der Waals surface area (Å²) in [5, 5.41) is -1.26.